The molecule has 0 unspecified atom stereocenters. The number of benzene rings is 7. The van der Waals surface area contributed by atoms with Crippen molar-refractivity contribution in [1.29, 1.82) is 0 Å². The fourth-order valence-electron chi connectivity index (χ4n) is 8.55. The van der Waals surface area contributed by atoms with Crippen LogP contribution in [0.1, 0.15) is 38.8 Å². The van der Waals surface area contributed by atoms with E-state index in [0.717, 1.165) is 33.2 Å². The third kappa shape index (κ3) is 4.65. The monoisotopic (exact) mass is 682 g/mol. The highest BCUT2D eigenvalue weighted by Crippen LogP contribution is 2.55. The summed E-state index contributed by atoms with van der Waals surface area (Å²) >= 11 is 0. The first-order valence-electron chi connectivity index (χ1n) is 18.4. The number of rotatable bonds is 4. The van der Waals surface area contributed by atoms with Crippen molar-refractivity contribution in [3.8, 4) is 51.0 Å². The van der Waals surface area contributed by atoms with Gasteiger partial charge in [-0.05, 0) is 68.8 Å². The molecule has 0 saturated heterocycles. The van der Waals surface area contributed by atoms with Gasteiger partial charge in [0.2, 0.25) is 0 Å². The van der Waals surface area contributed by atoms with Crippen LogP contribution in [0.25, 0.3) is 83.6 Å². The van der Waals surface area contributed by atoms with Crippen molar-refractivity contribution < 1.29 is 0 Å². The van der Waals surface area contributed by atoms with Gasteiger partial charge in [-0.1, -0.05) is 155 Å². The number of nitrogens with zero attached hydrogens (tertiary/aromatic N) is 4. The Morgan fingerprint density at radius 1 is 0.377 bits per heavy atom. The minimum atomic E-state index is -0.0792. The maximum absolute atomic E-state index is 5.11. The second-order valence-electron chi connectivity index (χ2n) is 15.3. The first-order chi connectivity index (χ1) is 25.8. The van der Waals surface area contributed by atoms with E-state index in [1.54, 1.807) is 0 Å². The number of hydrogen-bond donors (Lipinski definition) is 0. The Hall–Kier alpha value is -6.39. The SMILES string of the molecule is CC1(C)c2ccccc2-c2cc3c(cc2C1(C)C)c1ccccc1n3-c1ccc(-c2nc(-c3ccccc3)nc(-c3ccccc3)n2)c2ccccc12. The molecule has 0 spiro atoms. The topological polar surface area (TPSA) is 43.6 Å². The molecular weight excluding hydrogens is 645 g/mol. The van der Waals surface area contributed by atoms with Gasteiger partial charge in [0.25, 0.3) is 0 Å². The number of para-hydroxylation sites is 1. The molecule has 0 saturated carbocycles. The molecule has 0 radical (unpaired) electrons. The van der Waals surface area contributed by atoms with Crippen LogP contribution in [0.3, 0.4) is 0 Å². The summed E-state index contributed by atoms with van der Waals surface area (Å²) in [6, 6.07) is 56.2. The quantitative estimate of drug-likeness (QED) is 0.186. The van der Waals surface area contributed by atoms with Gasteiger partial charge < -0.3 is 4.57 Å². The molecule has 10 rings (SSSR count). The largest absolute Gasteiger partial charge is 0.309 e. The third-order valence-corrected chi connectivity index (χ3v) is 12.0. The molecule has 2 heterocycles. The van der Waals surface area contributed by atoms with Crippen LogP contribution in [-0.2, 0) is 10.8 Å². The summed E-state index contributed by atoms with van der Waals surface area (Å²) in [7, 11) is 0. The van der Waals surface area contributed by atoms with E-state index in [1.165, 1.54) is 44.1 Å². The summed E-state index contributed by atoms with van der Waals surface area (Å²) in [4.78, 5) is 15.2. The lowest BCUT2D eigenvalue weighted by atomic mass is 9.55. The summed E-state index contributed by atoms with van der Waals surface area (Å²) in [5.41, 5.74) is 11.7. The summed E-state index contributed by atoms with van der Waals surface area (Å²) in [6.45, 7) is 9.61. The summed E-state index contributed by atoms with van der Waals surface area (Å²) in [5, 5.41) is 4.75. The second-order valence-corrected chi connectivity index (χ2v) is 15.3. The predicted molar refractivity (Wildman–Crippen MR) is 219 cm³/mol. The zero-order chi connectivity index (χ0) is 35.9. The molecule has 1 aliphatic carbocycles. The van der Waals surface area contributed by atoms with Gasteiger partial charge in [0.1, 0.15) is 0 Å². The Labute approximate surface area is 309 Å². The van der Waals surface area contributed by atoms with Crippen LogP contribution in [0, 0.1) is 0 Å². The van der Waals surface area contributed by atoms with E-state index in [2.05, 4.69) is 154 Å². The van der Waals surface area contributed by atoms with E-state index < -0.39 is 0 Å². The van der Waals surface area contributed by atoms with Crippen molar-refractivity contribution in [3.63, 3.8) is 0 Å². The van der Waals surface area contributed by atoms with E-state index in [-0.39, 0.29) is 10.8 Å². The molecule has 4 nitrogen and oxygen atoms in total. The average Bonchev–Trinajstić information content (AvgIpc) is 3.53. The van der Waals surface area contributed by atoms with Gasteiger partial charge >= 0.3 is 0 Å². The third-order valence-electron chi connectivity index (χ3n) is 12.0. The highest BCUT2D eigenvalue weighted by Gasteiger charge is 2.46. The average molecular weight is 683 g/mol. The minimum Gasteiger partial charge on any atom is -0.309 e. The predicted octanol–water partition coefficient (Wildman–Crippen LogP) is 12.4. The van der Waals surface area contributed by atoms with E-state index in [0.29, 0.717) is 17.5 Å². The molecule has 0 atom stereocenters. The first kappa shape index (κ1) is 31.4. The molecule has 1 aliphatic rings. The molecule has 2 aromatic heterocycles. The lowest BCUT2D eigenvalue weighted by molar-refractivity contribution is 0.299. The molecule has 0 bridgehead atoms. The first-order valence-corrected chi connectivity index (χ1v) is 18.4. The van der Waals surface area contributed by atoms with Crippen LogP contribution < -0.4 is 0 Å². The van der Waals surface area contributed by atoms with Crippen LogP contribution in [-0.4, -0.2) is 19.5 Å². The van der Waals surface area contributed by atoms with Gasteiger partial charge in [-0.3, -0.25) is 0 Å². The molecule has 0 aliphatic heterocycles. The second kappa shape index (κ2) is 11.6. The van der Waals surface area contributed by atoms with Crippen molar-refractivity contribution in [1.82, 2.24) is 19.5 Å². The lowest BCUT2D eigenvalue weighted by Gasteiger charge is -2.48. The van der Waals surface area contributed by atoms with Crippen LogP contribution in [0.4, 0.5) is 0 Å². The van der Waals surface area contributed by atoms with Crippen molar-refractivity contribution in [2.45, 2.75) is 38.5 Å². The zero-order valence-electron chi connectivity index (χ0n) is 30.3. The van der Waals surface area contributed by atoms with Crippen LogP contribution in [0.15, 0.2) is 158 Å². The highest BCUT2D eigenvalue weighted by molar-refractivity contribution is 6.13. The van der Waals surface area contributed by atoms with E-state index in [9.17, 15) is 0 Å². The van der Waals surface area contributed by atoms with E-state index >= 15 is 0 Å². The smallest absolute Gasteiger partial charge is 0.164 e. The zero-order valence-corrected chi connectivity index (χ0v) is 30.3. The molecule has 7 aromatic carbocycles. The van der Waals surface area contributed by atoms with Crippen LogP contribution in [0.2, 0.25) is 0 Å². The summed E-state index contributed by atoms with van der Waals surface area (Å²) < 4.78 is 2.46. The van der Waals surface area contributed by atoms with Crippen molar-refractivity contribution in [3.05, 3.63) is 169 Å². The number of fused-ring (bicyclic) bond motifs is 7. The Bertz CT molecular complexity index is 2820. The number of aromatic nitrogens is 4. The van der Waals surface area contributed by atoms with Crippen molar-refractivity contribution in [2.75, 3.05) is 0 Å². The van der Waals surface area contributed by atoms with Crippen LogP contribution >= 0.6 is 0 Å². The van der Waals surface area contributed by atoms with Gasteiger partial charge in [-0.25, -0.2) is 15.0 Å². The van der Waals surface area contributed by atoms with Gasteiger partial charge in [0.15, 0.2) is 17.5 Å². The fourth-order valence-corrected chi connectivity index (χ4v) is 8.55. The van der Waals surface area contributed by atoms with E-state index in [1.807, 2.05) is 36.4 Å². The maximum atomic E-state index is 5.11. The Kier molecular flexibility index (Phi) is 6.84. The minimum absolute atomic E-state index is 0.0372. The van der Waals surface area contributed by atoms with Gasteiger partial charge in [-0.2, -0.15) is 0 Å². The Balaban J connectivity index is 1.24. The van der Waals surface area contributed by atoms with Gasteiger partial charge in [0, 0.05) is 32.8 Å². The molecule has 4 heteroatoms. The molecule has 0 fully saturated rings. The van der Waals surface area contributed by atoms with Gasteiger partial charge in [0.05, 0.1) is 16.7 Å². The standard InChI is InChI=1S/C49H38N4/c1-48(2)40-25-15-13-22-34(40)38-30-44-39(29-41(38)49(48,3)4)36-24-14-16-26-42(36)53(44)43-28-27-37(33-21-11-12-23-35(33)43)47-51-45(31-17-7-5-8-18-31)50-46(52-47)32-19-9-6-10-20-32/h5-30H,1-4H3. The van der Waals surface area contributed by atoms with Gasteiger partial charge in [-0.15, -0.1) is 0 Å². The molecular formula is C49H38N4. The molecule has 254 valence electrons. The molecule has 9 aromatic rings. The van der Waals surface area contributed by atoms with E-state index in [4.69, 9.17) is 15.0 Å². The maximum Gasteiger partial charge on any atom is 0.164 e. The molecule has 53 heavy (non-hydrogen) atoms. The number of hydrogen-bond acceptors (Lipinski definition) is 3. The van der Waals surface area contributed by atoms with Crippen LogP contribution in [0.5, 0.6) is 0 Å². The highest BCUT2D eigenvalue weighted by atomic mass is 15.0. The van der Waals surface area contributed by atoms with Crippen molar-refractivity contribution >= 4 is 32.6 Å². The lowest BCUT2D eigenvalue weighted by Crippen LogP contribution is -2.43. The Morgan fingerprint density at radius 3 is 1.62 bits per heavy atom. The summed E-state index contributed by atoms with van der Waals surface area (Å²) in [5.74, 6) is 1.96. The van der Waals surface area contributed by atoms with Crippen molar-refractivity contribution in [2.24, 2.45) is 0 Å². The fraction of sp³-hybridized carbons (Fsp3) is 0.122. The molecule has 0 N–H and O–H groups in total. The summed E-state index contributed by atoms with van der Waals surface area (Å²) in [6.07, 6.45) is 0. The Morgan fingerprint density at radius 2 is 0.925 bits per heavy atom. The normalized spacial score (nSPS) is 14.3. The molecule has 0 amide bonds.